The van der Waals surface area contributed by atoms with Gasteiger partial charge in [-0.15, -0.1) is 0 Å². The van der Waals surface area contributed by atoms with Crippen molar-refractivity contribution >= 4 is 33.3 Å². The van der Waals surface area contributed by atoms with Crippen LogP contribution < -0.4 is 9.80 Å². The van der Waals surface area contributed by atoms with Crippen LogP contribution in [0.5, 0.6) is 0 Å². The highest BCUT2D eigenvalue weighted by molar-refractivity contribution is 6.06. The van der Waals surface area contributed by atoms with Crippen LogP contribution in [0.25, 0.3) is 21.9 Å². The zero-order valence-corrected chi connectivity index (χ0v) is 16.1. The lowest BCUT2D eigenvalue weighted by Gasteiger charge is -2.37. The van der Waals surface area contributed by atoms with Crippen LogP contribution in [-0.2, 0) is 6.42 Å². The highest BCUT2D eigenvalue weighted by Gasteiger charge is 2.26. The van der Waals surface area contributed by atoms with Crippen molar-refractivity contribution in [2.24, 2.45) is 0 Å². The third kappa shape index (κ3) is 2.49. The van der Waals surface area contributed by atoms with E-state index in [1.807, 2.05) is 12.1 Å². The standard InChI is InChI=1S/C24H24N2O/c1-16-14-24-20(19-9-5-7-11-23(19)27-24)15-22(16)26-13-12-18-8-4-6-10-21(18)25(3)17(26)2/h4-11,14-15,17H,12-13H2,1-3H3/t17-/m0/s1. The third-order valence-electron chi connectivity index (χ3n) is 6.01. The van der Waals surface area contributed by atoms with Crippen LogP contribution in [0.3, 0.4) is 0 Å². The molecule has 0 spiro atoms. The fourth-order valence-electron chi connectivity index (χ4n) is 4.40. The van der Waals surface area contributed by atoms with E-state index in [2.05, 4.69) is 79.2 Å². The molecule has 0 saturated heterocycles. The third-order valence-corrected chi connectivity index (χ3v) is 6.01. The van der Waals surface area contributed by atoms with Crippen molar-refractivity contribution in [3.05, 3.63) is 71.8 Å². The van der Waals surface area contributed by atoms with Gasteiger partial charge in [-0.1, -0.05) is 36.4 Å². The monoisotopic (exact) mass is 356 g/mol. The quantitative estimate of drug-likeness (QED) is 0.434. The number of hydrogen-bond acceptors (Lipinski definition) is 3. The summed E-state index contributed by atoms with van der Waals surface area (Å²) in [6.45, 7) is 5.48. The molecule has 0 saturated carbocycles. The van der Waals surface area contributed by atoms with Crippen LogP contribution in [-0.4, -0.2) is 19.8 Å². The molecule has 3 heteroatoms. The molecule has 3 aromatic carbocycles. The number of anilines is 2. The minimum absolute atomic E-state index is 0.281. The molecule has 1 aromatic heterocycles. The highest BCUT2D eigenvalue weighted by Crippen LogP contribution is 2.36. The summed E-state index contributed by atoms with van der Waals surface area (Å²) in [6, 6.07) is 21.6. The molecule has 0 aliphatic carbocycles. The van der Waals surface area contributed by atoms with Crippen LogP contribution >= 0.6 is 0 Å². The molecule has 27 heavy (non-hydrogen) atoms. The number of aryl methyl sites for hydroxylation is 1. The Hall–Kier alpha value is -2.94. The number of furan rings is 1. The average molecular weight is 356 g/mol. The van der Waals surface area contributed by atoms with Crippen LogP contribution in [0, 0.1) is 6.92 Å². The van der Waals surface area contributed by atoms with Crippen molar-refractivity contribution < 1.29 is 4.42 Å². The topological polar surface area (TPSA) is 19.6 Å². The van der Waals surface area contributed by atoms with Crippen molar-refractivity contribution in [2.45, 2.75) is 26.4 Å². The molecule has 2 heterocycles. The van der Waals surface area contributed by atoms with Gasteiger partial charge in [0.25, 0.3) is 0 Å². The lowest BCUT2D eigenvalue weighted by Crippen LogP contribution is -2.44. The second-order valence-electron chi connectivity index (χ2n) is 7.55. The number of fused-ring (bicyclic) bond motifs is 4. The number of benzene rings is 3. The molecule has 1 atom stereocenters. The van der Waals surface area contributed by atoms with Crippen LogP contribution in [0.4, 0.5) is 11.4 Å². The maximum atomic E-state index is 6.07. The predicted molar refractivity (Wildman–Crippen MR) is 114 cm³/mol. The van der Waals surface area contributed by atoms with E-state index < -0.39 is 0 Å². The van der Waals surface area contributed by atoms with Gasteiger partial charge in [-0.3, -0.25) is 0 Å². The molecule has 0 amide bonds. The summed E-state index contributed by atoms with van der Waals surface area (Å²) >= 11 is 0. The predicted octanol–water partition coefficient (Wildman–Crippen LogP) is 5.74. The number of hydrogen-bond donors (Lipinski definition) is 0. The SMILES string of the molecule is Cc1cc2oc3ccccc3c2cc1N1CCc2ccccc2N(C)[C@@H]1C. The van der Waals surface area contributed by atoms with E-state index in [-0.39, 0.29) is 6.17 Å². The van der Waals surface area contributed by atoms with E-state index in [0.29, 0.717) is 0 Å². The van der Waals surface area contributed by atoms with Gasteiger partial charge in [-0.25, -0.2) is 0 Å². The lowest BCUT2D eigenvalue weighted by molar-refractivity contribution is 0.636. The second kappa shape index (κ2) is 6.05. The zero-order chi connectivity index (χ0) is 18.5. The van der Waals surface area contributed by atoms with Gasteiger partial charge in [0, 0.05) is 35.7 Å². The minimum Gasteiger partial charge on any atom is -0.456 e. The Balaban J connectivity index is 1.64. The molecule has 0 unspecified atom stereocenters. The van der Waals surface area contributed by atoms with Crippen molar-refractivity contribution in [1.29, 1.82) is 0 Å². The average Bonchev–Trinajstić information content (AvgIpc) is 2.99. The Kier molecular flexibility index (Phi) is 3.64. The second-order valence-corrected chi connectivity index (χ2v) is 7.55. The summed E-state index contributed by atoms with van der Waals surface area (Å²) in [4.78, 5) is 4.91. The Morgan fingerprint density at radius 1 is 0.889 bits per heavy atom. The summed E-state index contributed by atoms with van der Waals surface area (Å²) in [5.41, 5.74) is 7.23. The fourth-order valence-corrected chi connectivity index (χ4v) is 4.40. The number of para-hydroxylation sites is 2. The Bertz CT molecular complexity index is 1140. The highest BCUT2D eigenvalue weighted by atomic mass is 16.3. The Labute approximate surface area is 159 Å². The summed E-state index contributed by atoms with van der Waals surface area (Å²) in [6.07, 6.45) is 1.33. The molecular formula is C24H24N2O. The van der Waals surface area contributed by atoms with Gasteiger partial charge in [0.1, 0.15) is 11.2 Å². The van der Waals surface area contributed by atoms with Gasteiger partial charge in [-0.05, 0) is 55.7 Å². The van der Waals surface area contributed by atoms with E-state index in [4.69, 9.17) is 4.42 Å². The first-order chi connectivity index (χ1) is 13.1. The van der Waals surface area contributed by atoms with Gasteiger partial charge in [0.05, 0.1) is 6.17 Å². The van der Waals surface area contributed by atoms with Crippen LogP contribution in [0.1, 0.15) is 18.1 Å². The number of nitrogens with zero attached hydrogens (tertiary/aromatic N) is 2. The molecule has 3 nitrogen and oxygen atoms in total. The van der Waals surface area contributed by atoms with E-state index in [9.17, 15) is 0 Å². The molecular weight excluding hydrogens is 332 g/mol. The van der Waals surface area contributed by atoms with Crippen molar-refractivity contribution in [3.8, 4) is 0 Å². The van der Waals surface area contributed by atoms with Crippen LogP contribution in [0.15, 0.2) is 65.1 Å². The smallest absolute Gasteiger partial charge is 0.135 e. The summed E-state index contributed by atoms with van der Waals surface area (Å²) in [7, 11) is 2.20. The van der Waals surface area contributed by atoms with Gasteiger partial charge >= 0.3 is 0 Å². The lowest BCUT2D eigenvalue weighted by atomic mass is 10.1. The molecule has 5 rings (SSSR count). The van der Waals surface area contributed by atoms with Crippen molar-refractivity contribution in [3.63, 3.8) is 0 Å². The molecule has 0 fully saturated rings. The minimum atomic E-state index is 0.281. The van der Waals surface area contributed by atoms with Gasteiger partial charge in [0.2, 0.25) is 0 Å². The first kappa shape index (κ1) is 16.2. The normalized spacial score (nSPS) is 17.4. The molecule has 0 bridgehead atoms. The fraction of sp³-hybridized carbons (Fsp3) is 0.250. The Morgan fingerprint density at radius 2 is 1.67 bits per heavy atom. The maximum Gasteiger partial charge on any atom is 0.135 e. The van der Waals surface area contributed by atoms with Gasteiger partial charge in [0.15, 0.2) is 0 Å². The van der Waals surface area contributed by atoms with Crippen molar-refractivity contribution in [2.75, 3.05) is 23.4 Å². The number of rotatable bonds is 1. The summed E-state index contributed by atoms with van der Waals surface area (Å²) in [5, 5.41) is 2.38. The molecule has 0 radical (unpaired) electrons. The van der Waals surface area contributed by atoms with Crippen molar-refractivity contribution in [1.82, 2.24) is 0 Å². The van der Waals surface area contributed by atoms with Gasteiger partial charge in [-0.2, -0.15) is 0 Å². The van der Waals surface area contributed by atoms with Gasteiger partial charge < -0.3 is 14.2 Å². The zero-order valence-electron chi connectivity index (χ0n) is 16.1. The molecule has 0 N–H and O–H groups in total. The summed E-state index contributed by atoms with van der Waals surface area (Å²) < 4.78 is 6.07. The Morgan fingerprint density at radius 3 is 2.56 bits per heavy atom. The maximum absolute atomic E-state index is 6.07. The van der Waals surface area contributed by atoms with Crippen LogP contribution in [0.2, 0.25) is 0 Å². The van der Waals surface area contributed by atoms with E-state index in [0.717, 1.165) is 24.1 Å². The van der Waals surface area contributed by atoms with E-state index >= 15 is 0 Å². The first-order valence-corrected chi connectivity index (χ1v) is 9.63. The van der Waals surface area contributed by atoms with E-state index in [1.165, 1.54) is 33.3 Å². The largest absolute Gasteiger partial charge is 0.456 e. The molecule has 4 aromatic rings. The molecule has 1 aliphatic heterocycles. The molecule has 136 valence electrons. The molecule has 1 aliphatic rings. The van der Waals surface area contributed by atoms with E-state index in [1.54, 1.807) is 0 Å². The summed E-state index contributed by atoms with van der Waals surface area (Å²) in [5.74, 6) is 0. The first-order valence-electron chi connectivity index (χ1n) is 9.63.